The summed E-state index contributed by atoms with van der Waals surface area (Å²) in [7, 11) is 0. The Hall–Kier alpha value is -1.29. The summed E-state index contributed by atoms with van der Waals surface area (Å²) in [5.74, 6) is -5.66. The standard InChI is InChI=1S/C16H7Cl6N3O5/c17-9-10(18)15(20)8-7(14(9,19)16(15,21)22)12(27)24(13(8)28)23-11(26)5-2-1-3-6(4-5)25(29)30/h1-4,7-8H,(H,23,26)/t7-,8-,14-,15-/m1/s1. The Morgan fingerprint density at radius 1 is 1.03 bits per heavy atom. The number of allylic oxidation sites excluding steroid dienone is 2. The molecular weight excluding hydrogens is 527 g/mol. The molecule has 3 aliphatic rings. The van der Waals surface area contributed by atoms with Crippen molar-refractivity contribution in [2.24, 2.45) is 11.8 Å². The number of amides is 3. The fourth-order valence-electron chi connectivity index (χ4n) is 4.03. The van der Waals surface area contributed by atoms with Gasteiger partial charge in [-0.3, -0.25) is 29.9 Å². The van der Waals surface area contributed by atoms with Crippen LogP contribution in [-0.2, 0) is 9.59 Å². The number of alkyl halides is 4. The van der Waals surface area contributed by atoms with Crippen LogP contribution in [0.4, 0.5) is 5.69 Å². The van der Waals surface area contributed by atoms with E-state index in [1.165, 1.54) is 18.2 Å². The number of carbonyl (C=O) groups excluding carboxylic acids is 3. The third-order valence-electron chi connectivity index (χ3n) is 5.44. The quantitative estimate of drug-likeness (QED) is 0.276. The number of halogens is 6. The van der Waals surface area contributed by atoms with E-state index >= 15 is 0 Å². The second-order valence-corrected chi connectivity index (χ2v) is 10.1. The normalized spacial score (nSPS) is 33.9. The van der Waals surface area contributed by atoms with E-state index in [1.807, 2.05) is 0 Å². The Morgan fingerprint density at radius 2 is 1.53 bits per heavy atom. The van der Waals surface area contributed by atoms with Crippen LogP contribution in [-0.4, -0.2) is 41.7 Å². The number of nitrogens with zero attached hydrogens (tertiary/aromatic N) is 2. The number of nitro groups is 1. The van der Waals surface area contributed by atoms with E-state index in [1.54, 1.807) is 0 Å². The average molecular weight is 534 g/mol. The highest BCUT2D eigenvalue weighted by atomic mass is 35.5. The van der Waals surface area contributed by atoms with Gasteiger partial charge in [0.1, 0.15) is 9.75 Å². The van der Waals surface area contributed by atoms with E-state index in [0.29, 0.717) is 5.01 Å². The van der Waals surface area contributed by atoms with Crippen molar-refractivity contribution in [2.45, 2.75) is 14.1 Å². The Morgan fingerprint density at radius 3 is 2.00 bits per heavy atom. The van der Waals surface area contributed by atoms with Crippen molar-refractivity contribution in [3.8, 4) is 0 Å². The van der Waals surface area contributed by atoms with E-state index in [9.17, 15) is 24.5 Å². The minimum absolute atomic E-state index is 0.163. The van der Waals surface area contributed by atoms with Gasteiger partial charge in [0, 0.05) is 17.7 Å². The van der Waals surface area contributed by atoms with Gasteiger partial charge in [0.15, 0.2) is 4.33 Å². The van der Waals surface area contributed by atoms with E-state index in [2.05, 4.69) is 5.43 Å². The highest BCUT2D eigenvalue weighted by molar-refractivity contribution is 6.66. The van der Waals surface area contributed by atoms with E-state index in [-0.39, 0.29) is 21.3 Å². The maximum atomic E-state index is 13.0. The summed E-state index contributed by atoms with van der Waals surface area (Å²) in [5.41, 5.74) is 1.60. The van der Waals surface area contributed by atoms with Gasteiger partial charge in [0.2, 0.25) is 0 Å². The Labute approximate surface area is 198 Å². The highest BCUT2D eigenvalue weighted by Crippen LogP contribution is 2.77. The number of rotatable bonds is 3. The lowest BCUT2D eigenvalue weighted by Crippen LogP contribution is -2.54. The lowest BCUT2D eigenvalue weighted by atomic mass is 9.84. The third kappa shape index (κ3) is 2.35. The monoisotopic (exact) mass is 531 g/mol. The zero-order valence-electron chi connectivity index (χ0n) is 14.2. The third-order valence-corrected chi connectivity index (χ3v) is 9.70. The number of hydrogen-bond acceptors (Lipinski definition) is 5. The maximum absolute atomic E-state index is 13.0. The van der Waals surface area contributed by atoms with Crippen molar-refractivity contribution in [1.82, 2.24) is 10.4 Å². The topological polar surface area (TPSA) is 110 Å². The Balaban J connectivity index is 1.69. The average Bonchev–Trinajstić information content (AvgIpc) is 3.07. The SMILES string of the molecule is O=C(NN1C(=O)[C@H]2[C@H](C1=O)[C@@]1(Cl)C(Cl)=C(Cl)[C@@]2(Cl)C1(Cl)Cl)c1cccc([N+](=O)[O-])c1. The van der Waals surface area contributed by atoms with Crippen LogP contribution in [0.1, 0.15) is 10.4 Å². The van der Waals surface area contributed by atoms with Crippen molar-refractivity contribution >= 4 is 93.0 Å². The Bertz CT molecular complexity index is 1050. The summed E-state index contributed by atoms with van der Waals surface area (Å²) in [4.78, 5) is 44.7. The molecule has 8 nitrogen and oxygen atoms in total. The molecule has 1 aliphatic heterocycles. The second-order valence-electron chi connectivity index (χ2n) is 6.84. The predicted molar refractivity (Wildman–Crippen MR) is 110 cm³/mol. The number of fused-ring (bicyclic) bond motifs is 5. The van der Waals surface area contributed by atoms with Crippen molar-refractivity contribution < 1.29 is 19.3 Å². The molecule has 0 unspecified atom stereocenters. The predicted octanol–water partition coefficient (Wildman–Crippen LogP) is 3.69. The molecule has 30 heavy (non-hydrogen) atoms. The smallest absolute Gasteiger partial charge is 0.270 e. The van der Waals surface area contributed by atoms with Crippen LogP contribution in [0.15, 0.2) is 34.3 Å². The molecule has 1 N–H and O–H groups in total. The highest BCUT2D eigenvalue weighted by Gasteiger charge is 2.87. The first kappa shape index (κ1) is 21.9. The molecule has 0 radical (unpaired) electrons. The van der Waals surface area contributed by atoms with Crippen molar-refractivity contribution in [1.29, 1.82) is 0 Å². The Kier molecular flexibility index (Phi) is 4.83. The van der Waals surface area contributed by atoms with E-state index in [4.69, 9.17) is 69.6 Å². The van der Waals surface area contributed by atoms with Crippen molar-refractivity contribution in [3.63, 3.8) is 0 Å². The van der Waals surface area contributed by atoms with Crippen LogP contribution in [0, 0.1) is 22.0 Å². The summed E-state index contributed by atoms with van der Waals surface area (Å²) in [6.07, 6.45) is 0. The van der Waals surface area contributed by atoms with Gasteiger partial charge in [-0.1, -0.05) is 52.5 Å². The van der Waals surface area contributed by atoms with Crippen molar-refractivity contribution in [3.05, 3.63) is 50.0 Å². The molecule has 1 heterocycles. The van der Waals surface area contributed by atoms with Gasteiger partial charge in [-0.25, -0.2) is 0 Å². The molecule has 1 aromatic carbocycles. The van der Waals surface area contributed by atoms with Crippen molar-refractivity contribution in [2.75, 3.05) is 0 Å². The summed E-state index contributed by atoms with van der Waals surface area (Å²) in [6.45, 7) is 0. The van der Waals surface area contributed by atoms with Gasteiger partial charge in [-0.2, -0.15) is 5.01 Å². The molecule has 2 fully saturated rings. The number of nitrogens with one attached hydrogen (secondary N) is 1. The first-order valence-electron chi connectivity index (χ1n) is 8.07. The maximum Gasteiger partial charge on any atom is 0.270 e. The van der Waals surface area contributed by atoms with Gasteiger partial charge in [0.05, 0.1) is 26.8 Å². The number of hydrogen-bond donors (Lipinski definition) is 1. The summed E-state index contributed by atoms with van der Waals surface area (Å²) in [6, 6.07) is 4.70. The summed E-state index contributed by atoms with van der Waals surface area (Å²) in [5, 5.41) is 10.8. The largest absolute Gasteiger partial charge is 0.272 e. The molecule has 14 heteroatoms. The molecule has 2 bridgehead atoms. The minimum Gasteiger partial charge on any atom is -0.272 e. The lowest BCUT2D eigenvalue weighted by molar-refractivity contribution is -0.384. The summed E-state index contributed by atoms with van der Waals surface area (Å²) < 4.78 is -2.09. The van der Waals surface area contributed by atoms with Crippen LogP contribution in [0.2, 0.25) is 0 Å². The number of non-ortho nitro benzene ring substituents is 1. The van der Waals surface area contributed by atoms with Crippen LogP contribution >= 0.6 is 69.6 Å². The molecule has 3 amide bonds. The number of carbonyl (C=O) groups is 3. The first-order valence-corrected chi connectivity index (χ1v) is 10.3. The van der Waals surface area contributed by atoms with E-state index in [0.717, 1.165) is 6.07 Å². The molecule has 1 saturated heterocycles. The van der Waals surface area contributed by atoms with Crippen LogP contribution in [0.5, 0.6) is 0 Å². The molecule has 0 aromatic heterocycles. The number of benzene rings is 1. The second kappa shape index (κ2) is 6.60. The number of hydrazine groups is 1. The zero-order valence-corrected chi connectivity index (χ0v) is 18.7. The molecule has 1 aromatic rings. The van der Waals surface area contributed by atoms with E-state index < -0.39 is 48.6 Å². The molecule has 2 aliphatic carbocycles. The lowest BCUT2D eigenvalue weighted by Gasteiger charge is -2.34. The van der Waals surface area contributed by atoms with Crippen LogP contribution in [0.3, 0.4) is 0 Å². The van der Waals surface area contributed by atoms with Gasteiger partial charge < -0.3 is 0 Å². The first-order chi connectivity index (χ1) is 13.8. The molecule has 0 spiro atoms. The fraction of sp³-hybridized carbons (Fsp3) is 0.312. The fourth-order valence-corrected chi connectivity index (χ4v) is 6.96. The molecule has 4 rings (SSSR count). The van der Waals surface area contributed by atoms with Gasteiger partial charge in [-0.15, -0.1) is 23.2 Å². The van der Waals surface area contributed by atoms with Gasteiger partial charge in [-0.05, 0) is 6.07 Å². The molecular formula is C16H7Cl6N3O5. The number of nitro benzene ring substituents is 1. The van der Waals surface area contributed by atoms with Gasteiger partial charge in [0.25, 0.3) is 23.4 Å². The van der Waals surface area contributed by atoms with Gasteiger partial charge >= 0.3 is 0 Å². The van der Waals surface area contributed by atoms with Crippen LogP contribution < -0.4 is 5.43 Å². The molecule has 158 valence electrons. The molecule has 1 saturated carbocycles. The number of imide groups is 1. The minimum atomic E-state index is -2.09. The molecule has 4 atom stereocenters. The summed E-state index contributed by atoms with van der Waals surface area (Å²) >= 11 is 38.2. The zero-order chi connectivity index (χ0) is 22.4. The van der Waals surface area contributed by atoms with Crippen LogP contribution in [0.25, 0.3) is 0 Å².